The fourth-order valence-electron chi connectivity index (χ4n) is 2.66. The van der Waals surface area contributed by atoms with E-state index < -0.39 is 6.10 Å². The summed E-state index contributed by atoms with van der Waals surface area (Å²) in [5.41, 5.74) is 0. The predicted octanol–water partition coefficient (Wildman–Crippen LogP) is 3.81. The SMILES string of the molecule is COc1ccc(O[C@H](C)C(=O)NCCOc2ccc3ccccc3c2)cc1. The van der Waals surface area contributed by atoms with Gasteiger partial charge in [-0.05, 0) is 54.1 Å². The second kappa shape index (κ2) is 8.94. The first-order valence-corrected chi connectivity index (χ1v) is 8.86. The molecule has 0 fully saturated rings. The summed E-state index contributed by atoms with van der Waals surface area (Å²) < 4.78 is 16.4. The molecule has 5 nitrogen and oxygen atoms in total. The number of methoxy groups -OCH3 is 1. The molecule has 1 atom stereocenters. The van der Waals surface area contributed by atoms with E-state index in [4.69, 9.17) is 14.2 Å². The van der Waals surface area contributed by atoms with Crippen molar-refractivity contribution in [3.05, 3.63) is 66.7 Å². The van der Waals surface area contributed by atoms with Crippen LogP contribution >= 0.6 is 0 Å². The lowest BCUT2D eigenvalue weighted by atomic mass is 10.1. The summed E-state index contributed by atoms with van der Waals surface area (Å²) in [7, 11) is 1.60. The Kier molecular flexibility index (Phi) is 6.15. The fraction of sp³-hybridized carbons (Fsp3) is 0.227. The van der Waals surface area contributed by atoms with Gasteiger partial charge < -0.3 is 19.5 Å². The van der Waals surface area contributed by atoms with Gasteiger partial charge in [0.2, 0.25) is 0 Å². The van der Waals surface area contributed by atoms with E-state index in [9.17, 15) is 4.79 Å². The van der Waals surface area contributed by atoms with E-state index in [1.807, 2.05) is 36.4 Å². The first-order valence-electron chi connectivity index (χ1n) is 8.86. The van der Waals surface area contributed by atoms with Gasteiger partial charge in [-0.2, -0.15) is 0 Å². The third-order valence-corrected chi connectivity index (χ3v) is 4.13. The largest absolute Gasteiger partial charge is 0.497 e. The van der Waals surface area contributed by atoms with Gasteiger partial charge in [-0.1, -0.05) is 30.3 Å². The minimum atomic E-state index is -0.598. The normalized spacial score (nSPS) is 11.6. The van der Waals surface area contributed by atoms with Crippen LogP contribution in [0.1, 0.15) is 6.92 Å². The molecule has 0 aromatic heterocycles. The molecular weight excluding hydrogens is 342 g/mol. The van der Waals surface area contributed by atoms with E-state index in [1.165, 1.54) is 5.39 Å². The molecule has 0 aliphatic rings. The highest BCUT2D eigenvalue weighted by atomic mass is 16.5. The number of hydrogen-bond donors (Lipinski definition) is 1. The van der Waals surface area contributed by atoms with Gasteiger partial charge in [-0.15, -0.1) is 0 Å². The van der Waals surface area contributed by atoms with Crippen molar-refractivity contribution in [2.75, 3.05) is 20.3 Å². The van der Waals surface area contributed by atoms with Gasteiger partial charge in [0.05, 0.1) is 13.7 Å². The monoisotopic (exact) mass is 365 g/mol. The lowest BCUT2D eigenvalue weighted by molar-refractivity contribution is -0.127. The molecule has 3 rings (SSSR count). The first-order chi connectivity index (χ1) is 13.2. The number of carbonyl (C=O) groups is 1. The molecule has 1 amide bonds. The van der Waals surface area contributed by atoms with E-state index in [0.717, 1.165) is 16.9 Å². The molecule has 1 N–H and O–H groups in total. The molecule has 0 radical (unpaired) electrons. The van der Waals surface area contributed by atoms with Crippen LogP contribution in [0.5, 0.6) is 17.2 Å². The van der Waals surface area contributed by atoms with Gasteiger partial charge in [0.15, 0.2) is 6.10 Å². The molecule has 3 aromatic rings. The number of carbonyl (C=O) groups excluding carboxylic acids is 1. The quantitative estimate of drug-likeness (QED) is 0.617. The molecule has 0 heterocycles. The van der Waals surface area contributed by atoms with E-state index in [2.05, 4.69) is 11.4 Å². The average Bonchev–Trinajstić information content (AvgIpc) is 2.71. The Morgan fingerprint density at radius 3 is 2.33 bits per heavy atom. The number of rotatable bonds is 8. The summed E-state index contributed by atoms with van der Waals surface area (Å²) in [5, 5.41) is 5.11. The molecule has 0 spiro atoms. The van der Waals surface area contributed by atoms with Crippen LogP contribution in [0.15, 0.2) is 66.7 Å². The van der Waals surface area contributed by atoms with Crippen molar-refractivity contribution in [1.82, 2.24) is 5.32 Å². The van der Waals surface area contributed by atoms with Crippen LogP contribution in [0, 0.1) is 0 Å². The van der Waals surface area contributed by atoms with Crippen molar-refractivity contribution >= 4 is 16.7 Å². The number of hydrogen-bond acceptors (Lipinski definition) is 4. The van der Waals surface area contributed by atoms with E-state index >= 15 is 0 Å². The van der Waals surface area contributed by atoms with Crippen LogP contribution in [-0.4, -0.2) is 32.3 Å². The summed E-state index contributed by atoms with van der Waals surface area (Å²) in [5.74, 6) is 1.95. The van der Waals surface area contributed by atoms with Crippen molar-refractivity contribution < 1.29 is 19.0 Å². The highest BCUT2D eigenvalue weighted by Gasteiger charge is 2.14. The Bertz CT molecular complexity index is 892. The van der Waals surface area contributed by atoms with Gasteiger partial charge in [0.25, 0.3) is 5.91 Å². The summed E-state index contributed by atoms with van der Waals surface area (Å²) in [6.07, 6.45) is -0.598. The molecule has 27 heavy (non-hydrogen) atoms. The molecule has 140 valence electrons. The Balaban J connectivity index is 1.42. The minimum absolute atomic E-state index is 0.187. The molecule has 0 unspecified atom stereocenters. The second-order valence-corrected chi connectivity index (χ2v) is 6.08. The van der Waals surface area contributed by atoms with Crippen molar-refractivity contribution in [3.63, 3.8) is 0 Å². The van der Waals surface area contributed by atoms with Crippen LogP contribution in [0.25, 0.3) is 10.8 Å². The number of nitrogens with one attached hydrogen (secondary N) is 1. The Hall–Kier alpha value is -3.21. The standard InChI is InChI=1S/C22H23NO4/c1-16(27-20-11-9-19(25-2)10-12-20)22(24)23-13-14-26-21-8-7-17-5-3-4-6-18(17)15-21/h3-12,15-16H,13-14H2,1-2H3,(H,23,24)/t16-/m1/s1. The van der Waals surface area contributed by atoms with Crippen LogP contribution in [0.4, 0.5) is 0 Å². The summed E-state index contributed by atoms with van der Waals surface area (Å²) in [6, 6.07) is 21.2. The topological polar surface area (TPSA) is 56.8 Å². The summed E-state index contributed by atoms with van der Waals surface area (Å²) >= 11 is 0. The molecule has 0 aliphatic heterocycles. The lowest BCUT2D eigenvalue weighted by Crippen LogP contribution is -2.38. The van der Waals surface area contributed by atoms with Crippen LogP contribution in [0.3, 0.4) is 0 Å². The highest BCUT2D eigenvalue weighted by molar-refractivity contribution is 5.83. The molecule has 5 heteroatoms. The maximum atomic E-state index is 12.1. The van der Waals surface area contributed by atoms with Gasteiger partial charge in [0, 0.05) is 0 Å². The Morgan fingerprint density at radius 1 is 0.926 bits per heavy atom. The van der Waals surface area contributed by atoms with E-state index in [0.29, 0.717) is 18.9 Å². The average molecular weight is 365 g/mol. The smallest absolute Gasteiger partial charge is 0.260 e. The van der Waals surface area contributed by atoms with Crippen LogP contribution < -0.4 is 19.5 Å². The molecule has 0 saturated carbocycles. The van der Waals surface area contributed by atoms with Crippen LogP contribution in [-0.2, 0) is 4.79 Å². The van der Waals surface area contributed by atoms with Gasteiger partial charge in [0.1, 0.15) is 23.9 Å². The fourth-order valence-corrected chi connectivity index (χ4v) is 2.66. The molecule has 0 aliphatic carbocycles. The number of ether oxygens (including phenoxy) is 3. The lowest BCUT2D eigenvalue weighted by Gasteiger charge is -2.15. The Labute approximate surface area is 158 Å². The highest BCUT2D eigenvalue weighted by Crippen LogP contribution is 2.20. The number of amides is 1. The maximum Gasteiger partial charge on any atom is 0.260 e. The summed E-state index contributed by atoms with van der Waals surface area (Å²) in [6.45, 7) is 2.51. The molecule has 0 bridgehead atoms. The molecule has 3 aromatic carbocycles. The zero-order valence-corrected chi connectivity index (χ0v) is 15.5. The second-order valence-electron chi connectivity index (χ2n) is 6.08. The first kappa shape index (κ1) is 18.6. The number of fused-ring (bicyclic) bond motifs is 1. The maximum absolute atomic E-state index is 12.1. The van der Waals surface area contributed by atoms with E-state index in [1.54, 1.807) is 38.3 Å². The zero-order valence-electron chi connectivity index (χ0n) is 15.5. The van der Waals surface area contributed by atoms with E-state index in [-0.39, 0.29) is 5.91 Å². The third kappa shape index (κ3) is 5.14. The predicted molar refractivity (Wildman–Crippen MR) is 106 cm³/mol. The van der Waals surface area contributed by atoms with Gasteiger partial charge >= 0.3 is 0 Å². The zero-order chi connectivity index (χ0) is 19.1. The van der Waals surface area contributed by atoms with Gasteiger partial charge in [-0.3, -0.25) is 4.79 Å². The molecule has 0 saturated heterocycles. The van der Waals surface area contributed by atoms with Crippen molar-refractivity contribution in [3.8, 4) is 17.2 Å². The van der Waals surface area contributed by atoms with Gasteiger partial charge in [-0.25, -0.2) is 0 Å². The van der Waals surface area contributed by atoms with Crippen molar-refractivity contribution in [1.29, 1.82) is 0 Å². The van der Waals surface area contributed by atoms with Crippen molar-refractivity contribution in [2.24, 2.45) is 0 Å². The number of benzene rings is 3. The van der Waals surface area contributed by atoms with Crippen molar-refractivity contribution in [2.45, 2.75) is 13.0 Å². The summed E-state index contributed by atoms with van der Waals surface area (Å²) in [4.78, 5) is 12.1. The van der Waals surface area contributed by atoms with Crippen LogP contribution in [0.2, 0.25) is 0 Å². The minimum Gasteiger partial charge on any atom is -0.497 e. The molecular formula is C22H23NO4. The Morgan fingerprint density at radius 2 is 1.59 bits per heavy atom. The third-order valence-electron chi connectivity index (χ3n) is 4.13.